The Hall–Kier alpha value is -3.86. The highest BCUT2D eigenvalue weighted by molar-refractivity contribution is 6.30. The van der Waals surface area contributed by atoms with Crippen LogP contribution in [0.5, 0.6) is 0 Å². The highest BCUT2D eigenvalue weighted by Crippen LogP contribution is 2.26. The van der Waals surface area contributed by atoms with Crippen LogP contribution in [0.15, 0.2) is 78.9 Å². The molecule has 2 fully saturated rings. The fraction of sp³-hybridized carbons (Fsp3) is 0.300. The van der Waals surface area contributed by atoms with E-state index in [0.717, 1.165) is 11.3 Å². The summed E-state index contributed by atoms with van der Waals surface area (Å²) in [6, 6.07) is 26.4. The summed E-state index contributed by atoms with van der Waals surface area (Å²) in [7, 11) is 0. The average Bonchev–Trinajstić information content (AvgIpc) is 3.34. The normalized spacial score (nSPS) is 19.7. The first-order chi connectivity index (χ1) is 18.5. The van der Waals surface area contributed by atoms with Gasteiger partial charge in [0.05, 0.1) is 17.3 Å². The molecule has 7 nitrogen and oxygen atoms in total. The number of para-hydroxylation sites is 1. The van der Waals surface area contributed by atoms with Crippen LogP contribution >= 0.6 is 11.6 Å². The van der Waals surface area contributed by atoms with Gasteiger partial charge in [-0.2, -0.15) is 5.26 Å². The van der Waals surface area contributed by atoms with Crippen molar-refractivity contribution in [2.24, 2.45) is 0 Å². The van der Waals surface area contributed by atoms with Crippen LogP contribution in [-0.2, 0) is 11.3 Å². The highest BCUT2D eigenvalue weighted by atomic mass is 35.5. The summed E-state index contributed by atoms with van der Waals surface area (Å²) < 4.78 is 0. The van der Waals surface area contributed by atoms with Gasteiger partial charge in [-0.3, -0.25) is 14.5 Å². The van der Waals surface area contributed by atoms with Crippen LogP contribution in [0.4, 0.5) is 5.69 Å². The lowest BCUT2D eigenvalue weighted by Crippen LogP contribution is -2.53. The van der Waals surface area contributed by atoms with E-state index in [1.807, 2.05) is 47.4 Å². The van der Waals surface area contributed by atoms with Crippen molar-refractivity contribution in [2.75, 3.05) is 37.6 Å². The minimum Gasteiger partial charge on any atom is -0.367 e. The smallest absolute Gasteiger partial charge is 0.251 e. The Kier molecular flexibility index (Phi) is 7.92. The van der Waals surface area contributed by atoms with Gasteiger partial charge < -0.3 is 15.1 Å². The number of likely N-dealkylation sites (tertiary alicyclic amines) is 1. The molecule has 5 rings (SSSR count). The molecule has 0 spiro atoms. The molecule has 38 heavy (non-hydrogen) atoms. The molecule has 0 aliphatic carbocycles. The Balaban J connectivity index is 1.27. The molecule has 2 amide bonds. The summed E-state index contributed by atoms with van der Waals surface area (Å²) in [6.07, 6.45) is 0.551. The zero-order chi connectivity index (χ0) is 26.5. The van der Waals surface area contributed by atoms with Crippen molar-refractivity contribution in [3.63, 3.8) is 0 Å². The molecule has 0 unspecified atom stereocenters. The van der Waals surface area contributed by atoms with E-state index in [9.17, 15) is 14.9 Å². The molecule has 3 aromatic carbocycles. The molecule has 2 atom stereocenters. The van der Waals surface area contributed by atoms with E-state index in [4.69, 9.17) is 11.6 Å². The fourth-order valence-corrected chi connectivity index (χ4v) is 5.57. The lowest BCUT2D eigenvalue weighted by molar-refractivity contribution is -0.136. The van der Waals surface area contributed by atoms with Crippen LogP contribution in [0.3, 0.4) is 0 Å². The molecule has 1 N–H and O–H groups in total. The Morgan fingerprint density at radius 3 is 2.42 bits per heavy atom. The van der Waals surface area contributed by atoms with Crippen LogP contribution < -0.4 is 10.2 Å². The lowest BCUT2D eigenvalue weighted by atomic mass is 10.1. The first-order valence-electron chi connectivity index (χ1n) is 12.9. The molecule has 0 bridgehead atoms. The maximum Gasteiger partial charge on any atom is 0.251 e. The van der Waals surface area contributed by atoms with Gasteiger partial charge in [-0.1, -0.05) is 60.1 Å². The summed E-state index contributed by atoms with van der Waals surface area (Å²) in [5.41, 5.74) is 3.20. The van der Waals surface area contributed by atoms with Gasteiger partial charge >= 0.3 is 0 Å². The van der Waals surface area contributed by atoms with E-state index in [-0.39, 0.29) is 23.9 Å². The number of carbonyl (C=O) groups is 2. The summed E-state index contributed by atoms with van der Waals surface area (Å²) >= 11 is 6.08. The van der Waals surface area contributed by atoms with Crippen molar-refractivity contribution < 1.29 is 9.59 Å². The second-order valence-electron chi connectivity index (χ2n) is 9.79. The van der Waals surface area contributed by atoms with E-state index < -0.39 is 0 Å². The fourth-order valence-electron chi connectivity index (χ4n) is 5.38. The minimum absolute atomic E-state index is 0.0913. The third kappa shape index (κ3) is 5.83. The van der Waals surface area contributed by atoms with E-state index in [0.29, 0.717) is 61.8 Å². The molecule has 2 aliphatic rings. The van der Waals surface area contributed by atoms with Gasteiger partial charge in [0.1, 0.15) is 6.07 Å². The van der Waals surface area contributed by atoms with Crippen molar-refractivity contribution in [3.05, 3.63) is 101 Å². The topological polar surface area (TPSA) is 79.7 Å². The number of halogens is 1. The van der Waals surface area contributed by atoms with E-state index in [1.54, 1.807) is 24.3 Å². The maximum absolute atomic E-state index is 13.8. The second kappa shape index (κ2) is 11.7. The third-order valence-corrected chi connectivity index (χ3v) is 7.53. The predicted molar refractivity (Wildman–Crippen MR) is 148 cm³/mol. The van der Waals surface area contributed by atoms with Gasteiger partial charge in [0.25, 0.3) is 5.91 Å². The summed E-state index contributed by atoms with van der Waals surface area (Å²) in [4.78, 5) is 33.0. The Morgan fingerprint density at radius 1 is 0.947 bits per heavy atom. The van der Waals surface area contributed by atoms with Gasteiger partial charge in [0.15, 0.2) is 0 Å². The molecular weight excluding hydrogens is 498 g/mol. The van der Waals surface area contributed by atoms with E-state index >= 15 is 0 Å². The molecule has 0 radical (unpaired) electrons. The lowest BCUT2D eigenvalue weighted by Gasteiger charge is -2.38. The molecule has 0 aromatic heterocycles. The van der Waals surface area contributed by atoms with Gasteiger partial charge in [-0.25, -0.2) is 0 Å². The van der Waals surface area contributed by atoms with Crippen LogP contribution in [0, 0.1) is 11.3 Å². The number of rotatable bonds is 6. The van der Waals surface area contributed by atoms with Crippen molar-refractivity contribution >= 4 is 29.1 Å². The quantitative estimate of drug-likeness (QED) is 0.525. The first-order valence-corrected chi connectivity index (χ1v) is 13.3. The van der Waals surface area contributed by atoms with Crippen molar-refractivity contribution in [2.45, 2.75) is 25.0 Å². The molecule has 194 valence electrons. The van der Waals surface area contributed by atoms with E-state index in [1.165, 1.54) is 0 Å². The number of amides is 2. The van der Waals surface area contributed by atoms with Crippen LogP contribution in [0.1, 0.15) is 27.9 Å². The molecule has 0 saturated carbocycles. The average molecular weight is 528 g/mol. The van der Waals surface area contributed by atoms with Crippen molar-refractivity contribution in [1.82, 2.24) is 15.1 Å². The molecular formula is C30H30ClN5O2. The maximum atomic E-state index is 13.8. The number of nitrogens with zero attached hydrogens (tertiary/aromatic N) is 4. The zero-order valence-electron chi connectivity index (χ0n) is 21.1. The SMILES string of the molecule is N#Cc1ccccc1N1CCN(C(=O)[C@@H]2C[C@H](NC(=O)c3cccc(Cl)c3)CN2Cc2ccccc2)CC1. The van der Waals surface area contributed by atoms with Gasteiger partial charge in [0.2, 0.25) is 5.91 Å². The molecule has 8 heteroatoms. The van der Waals surface area contributed by atoms with Crippen LogP contribution in [0.25, 0.3) is 0 Å². The summed E-state index contributed by atoms with van der Waals surface area (Å²) in [5, 5.41) is 13.1. The van der Waals surface area contributed by atoms with Crippen LogP contribution in [-0.4, -0.2) is 66.4 Å². The number of carbonyl (C=O) groups excluding carboxylic acids is 2. The van der Waals surface area contributed by atoms with Gasteiger partial charge in [-0.15, -0.1) is 0 Å². The van der Waals surface area contributed by atoms with Gasteiger partial charge in [-0.05, 0) is 42.3 Å². The Bertz CT molecular complexity index is 1330. The molecule has 3 aromatic rings. The molecule has 2 heterocycles. The molecule has 2 aliphatic heterocycles. The number of benzene rings is 3. The monoisotopic (exact) mass is 527 g/mol. The summed E-state index contributed by atoms with van der Waals surface area (Å²) in [6.45, 7) is 3.75. The number of nitrogens with one attached hydrogen (secondary N) is 1. The van der Waals surface area contributed by atoms with Crippen molar-refractivity contribution in [1.29, 1.82) is 5.26 Å². The third-order valence-electron chi connectivity index (χ3n) is 7.30. The highest BCUT2D eigenvalue weighted by Gasteiger charge is 2.40. The predicted octanol–water partition coefficient (Wildman–Crippen LogP) is 3.93. The molecule has 2 saturated heterocycles. The van der Waals surface area contributed by atoms with Crippen LogP contribution in [0.2, 0.25) is 5.02 Å². The second-order valence-corrected chi connectivity index (χ2v) is 10.2. The zero-order valence-corrected chi connectivity index (χ0v) is 21.8. The number of hydrogen-bond acceptors (Lipinski definition) is 5. The standard InChI is InChI=1S/C30H30ClN5O2/c31-25-11-6-10-23(17-25)29(37)33-26-18-28(36(21-26)20-22-7-2-1-3-8-22)30(38)35-15-13-34(14-16-35)27-12-5-4-9-24(27)19-32/h1-12,17,26,28H,13-16,18,20-21H2,(H,33,37)/t26-,28-/m0/s1. The largest absolute Gasteiger partial charge is 0.367 e. The Morgan fingerprint density at radius 2 is 1.68 bits per heavy atom. The van der Waals surface area contributed by atoms with E-state index in [2.05, 4.69) is 33.3 Å². The minimum atomic E-state index is -0.321. The number of nitriles is 1. The number of piperazine rings is 1. The Labute approximate surface area is 228 Å². The van der Waals surface area contributed by atoms with Gasteiger partial charge in [0, 0.05) is 55.9 Å². The van der Waals surface area contributed by atoms with Crippen molar-refractivity contribution in [3.8, 4) is 6.07 Å². The first kappa shape index (κ1) is 25.8. The number of anilines is 1. The number of hydrogen-bond donors (Lipinski definition) is 1. The summed E-state index contributed by atoms with van der Waals surface area (Å²) in [5.74, 6) is -0.0938.